The molecule has 110 valence electrons. The first kappa shape index (κ1) is 16.6. The number of aliphatic carboxylic acids is 1. The maximum absolute atomic E-state index is 11.8. The fourth-order valence-corrected chi connectivity index (χ4v) is 2.63. The van der Waals surface area contributed by atoms with Gasteiger partial charge in [0.15, 0.2) is 0 Å². The smallest absolute Gasteiger partial charge is 0.326 e. The molecule has 0 aliphatic heterocycles. The van der Waals surface area contributed by atoms with Crippen LogP contribution < -0.4 is 5.32 Å². The zero-order valence-corrected chi connectivity index (χ0v) is 12.5. The number of carbonyl (C=O) groups is 2. The maximum atomic E-state index is 11.8. The fraction of sp³-hybridized carbons (Fsp3) is 0.467. The number of amides is 1. The van der Waals surface area contributed by atoms with Gasteiger partial charge in [-0.3, -0.25) is 4.79 Å². The van der Waals surface area contributed by atoms with Gasteiger partial charge in [-0.25, -0.2) is 4.79 Å². The highest BCUT2D eigenvalue weighted by Gasteiger charge is 2.19. The summed E-state index contributed by atoms with van der Waals surface area (Å²) in [5, 5.41) is 11.7. The van der Waals surface area contributed by atoms with Crippen molar-refractivity contribution in [3.8, 4) is 0 Å². The van der Waals surface area contributed by atoms with Gasteiger partial charge in [-0.1, -0.05) is 37.3 Å². The lowest BCUT2D eigenvalue weighted by atomic mass is 10.1. The molecule has 0 saturated carbocycles. The van der Waals surface area contributed by atoms with Crippen LogP contribution in [0.4, 0.5) is 0 Å². The number of hydrogen-bond donors (Lipinski definition) is 2. The average molecular weight is 295 g/mol. The monoisotopic (exact) mass is 295 g/mol. The third kappa shape index (κ3) is 6.61. The molecule has 0 unspecified atom stereocenters. The van der Waals surface area contributed by atoms with Crippen LogP contribution in [0.2, 0.25) is 0 Å². The number of carboxylic acid groups (broad SMARTS) is 1. The Balaban J connectivity index is 2.40. The molecule has 5 heteroatoms. The Bertz CT molecular complexity index is 422. The van der Waals surface area contributed by atoms with Crippen molar-refractivity contribution in [1.82, 2.24) is 5.32 Å². The molecule has 0 spiro atoms. The van der Waals surface area contributed by atoms with E-state index in [2.05, 4.69) is 12.2 Å². The van der Waals surface area contributed by atoms with Crippen LogP contribution in [0, 0.1) is 0 Å². The van der Waals surface area contributed by atoms with Crippen molar-refractivity contribution in [3.05, 3.63) is 35.9 Å². The molecule has 0 saturated heterocycles. The van der Waals surface area contributed by atoms with Crippen molar-refractivity contribution in [1.29, 1.82) is 0 Å². The Morgan fingerprint density at radius 2 is 1.95 bits per heavy atom. The second kappa shape index (κ2) is 9.42. The number of carbonyl (C=O) groups excluding carboxylic acids is 1. The van der Waals surface area contributed by atoms with Crippen molar-refractivity contribution >= 4 is 23.6 Å². The summed E-state index contributed by atoms with van der Waals surface area (Å²) >= 11 is 1.72. The van der Waals surface area contributed by atoms with Gasteiger partial charge in [0.25, 0.3) is 0 Å². The van der Waals surface area contributed by atoms with Crippen LogP contribution in [0.15, 0.2) is 30.3 Å². The molecule has 1 amide bonds. The SMILES string of the molecule is CCCSCC[C@H](NC(=O)Cc1ccccc1)C(=O)O. The minimum Gasteiger partial charge on any atom is -0.480 e. The number of rotatable bonds is 9. The number of thioether (sulfide) groups is 1. The number of carboxylic acids is 1. The van der Waals surface area contributed by atoms with E-state index in [1.165, 1.54) is 0 Å². The third-order valence-corrected chi connectivity index (χ3v) is 3.96. The van der Waals surface area contributed by atoms with Gasteiger partial charge in [0.05, 0.1) is 6.42 Å². The highest BCUT2D eigenvalue weighted by atomic mass is 32.2. The van der Waals surface area contributed by atoms with Crippen molar-refractivity contribution in [2.24, 2.45) is 0 Å². The lowest BCUT2D eigenvalue weighted by molar-refractivity contribution is -0.141. The molecule has 1 aromatic carbocycles. The molecule has 0 aliphatic rings. The predicted octanol–water partition coefficient (Wildman–Crippen LogP) is 2.33. The Labute approximate surface area is 124 Å². The van der Waals surface area contributed by atoms with E-state index in [0.29, 0.717) is 6.42 Å². The topological polar surface area (TPSA) is 66.4 Å². The minimum absolute atomic E-state index is 0.215. The highest BCUT2D eigenvalue weighted by Crippen LogP contribution is 2.07. The lowest BCUT2D eigenvalue weighted by Crippen LogP contribution is -2.41. The van der Waals surface area contributed by atoms with Gasteiger partial charge in [-0.2, -0.15) is 11.8 Å². The first-order valence-electron chi connectivity index (χ1n) is 6.77. The van der Waals surface area contributed by atoms with E-state index < -0.39 is 12.0 Å². The van der Waals surface area contributed by atoms with Gasteiger partial charge < -0.3 is 10.4 Å². The van der Waals surface area contributed by atoms with E-state index in [4.69, 9.17) is 5.11 Å². The summed E-state index contributed by atoms with van der Waals surface area (Å²) in [5.41, 5.74) is 0.884. The lowest BCUT2D eigenvalue weighted by Gasteiger charge is -2.14. The Morgan fingerprint density at radius 1 is 1.25 bits per heavy atom. The van der Waals surface area contributed by atoms with E-state index in [0.717, 1.165) is 23.5 Å². The second-order valence-corrected chi connectivity index (χ2v) is 5.75. The molecule has 0 radical (unpaired) electrons. The highest BCUT2D eigenvalue weighted by molar-refractivity contribution is 7.99. The summed E-state index contributed by atoms with van der Waals surface area (Å²) in [7, 11) is 0. The van der Waals surface area contributed by atoms with Gasteiger partial charge in [0.1, 0.15) is 6.04 Å². The molecular formula is C15H21NO3S. The maximum Gasteiger partial charge on any atom is 0.326 e. The molecule has 0 aliphatic carbocycles. The van der Waals surface area contributed by atoms with Gasteiger partial charge in [-0.15, -0.1) is 0 Å². The summed E-state index contributed by atoms with van der Waals surface area (Å²) in [6, 6.07) is 8.51. The Hall–Kier alpha value is -1.49. The average Bonchev–Trinajstić information content (AvgIpc) is 2.43. The zero-order valence-electron chi connectivity index (χ0n) is 11.7. The van der Waals surface area contributed by atoms with Crippen molar-refractivity contribution in [2.75, 3.05) is 11.5 Å². The quantitative estimate of drug-likeness (QED) is 0.686. The standard InChI is InChI=1S/C15H21NO3S/c1-2-9-20-10-8-13(15(18)19)16-14(17)11-12-6-4-3-5-7-12/h3-7,13H,2,8-11H2,1H3,(H,16,17)(H,18,19)/t13-/m0/s1. The fourth-order valence-electron chi connectivity index (χ4n) is 1.73. The predicted molar refractivity (Wildman–Crippen MR) is 81.9 cm³/mol. The van der Waals surface area contributed by atoms with Crippen LogP contribution in [0.5, 0.6) is 0 Å². The molecule has 1 atom stereocenters. The first-order valence-corrected chi connectivity index (χ1v) is 7.92. The van der Waals surface area contributed by atoms with Gasteiger partial charge >= 0.3 is 5.97 Å². The largest absolute Gasteiger partial charge is 0.480 e. The number of nitrogens with one attached hydrogen (secondary N) is 1. The third-order valence-electron chi connectivity index (χ3n) is 2.74. The number of benzene rings is 1. The van der Waals surface area contributed by atoms with Crippen molar-refractivity contribution in [3.63, 3.8) is 0 Å². The van der Waals surface area contributed by atoms with Gasteiger partial charge in [0, 0.05) is 0 Å². The molecule has 1 aromatic rings. The zero-order chi connectivity index (χ0) is 14.8. The van der Waals surface area contributed by atoms with Gasteiger partial charge in [-0.05, 0) is 29.9 Å². The van der Waals surface area contributed by atoms with E-state index in [1.807, 2.05) is 30.3 Å². The molecule has 1 rings (SSSR count). The molecule has 2 N–H and O–H groups in total. The summed E-state index contributed by atoms with van der Waals surface area (Å²) < 4.78 is 0. The Morgan fingerprint density at radius 3 is 2.55 bits per heavy atom. The van der Waals surface area contributed by atoms with Crippen molar-refractivity contribution < 1.29 is 14.7 Å². The van der Waals surface area contributed by atoms with Crippen LogP contribution in [-0.2, 0) is 16.0 Å². The second-order valence-electron chi connectivity index (χ2n) is 4.52. The molecule has 0 bridgehead atoms. The minimum atomic E-state index is -0.969. The first-order chi connectivity index (χ1) is 9.63. The Kier molecular flexibility index (Phi) is 7.80. The van der Waals surface area contributed by atoms with Crippen LogP contribution in [0.3, 0.4) is 0 Å². The molecule has 4 nitrogen and oxygen atoms in total. The van der Waals surface area contributed by atoms with E-state index in [1.54, 1.807) is 11.8 Å². The molecule has 20 heavy (non-hydrogen) atoms. The summed E-state index contributed by atoms with van der Waals surface area (Å²) in [6.45, 7) is 2.09. The summed E-state index contributed by atoms with van der Waals surface area (Å²) in [6.07, 6.45) is 1.75. The molecule has 0 aromatic heterocycles. The molecule has 0 fully saturated rings. The normalized spacial score (nSPS) is 11.8. The van der Waals surface area contributed by atoms with Crippen LogP contribution >= 0.6 is 11.8 Å². The van der Waals surface area contributed by atoms with E-state index >= 15 is 0 Å². The van der Waals surface area contributed by atoms with Gasteiger partial charge in [0.2, 0.25) is 5.91 Å². The van der Waals surface area contributed by atoms with Crippen LogP contribution in [0.25, 0.3) is 0 Å². The van der Waals surface area contributed by atoms with Crippen molar-refractivity contribution in [2.45, 2.75) is 32.2 Å². The van der Waals surface area contributed by atoms with E-state index in [9.17, 15) is 9.59 Å². The molecular weight excluding hydrogens is 274 g/mol. The summed E-state index contributed by atoms with van der Waals surface area (Å²) in [4.78, 5) is 23.0. The van der Waals surface area contributed by atoms with Crippen LogP contribution in [0.1, 0.15) is 25.3 Å². The van der Waals surface area contributed by atoms with Crippen LogP contribution in [-0.4, -0.2) is 34.5 Å². The van der Waals surface area contributed by atoms with E-state index in [-0.39, 0.29) is 12.3 Å². The molecule has 0 heterocycles. The number of hydrogen-bond acceptors (Lipinski definition) is 3. The summed E-state index contributed by atoms with van der Waals surface area (Å²) in [5.74, 6) is 0.549.